The second kappa shape index (κ2) is 11.9. The van der Waals surface area contributed by atoms with Crippen molar-refractivity contribution in [2.75, 3.05) is 12.0 Å². The van der Waals surface area contributed by atoms with Gasteiger partial charge in [0.25, 0.3) is 0 Å². The van der Waals surface area contributed by atoms with E-state index in [2.05, 4.69) is 78.3 Å². The third kappa shape index (κ3) is 7.83. The summed E-state index contributed by atoms with van der Waals surface area (Å²) in [6.45, 7) is 17.2. The van der Waals surface area contributed by atoms with Gasteiger partial charge in [0.15, 0.2) is 5.78 Å². The molecule has 2 rings (SSSR count). The Bertz CT molecular complexity index is 889. The summed E-state index contributed by atoms with van der Waals surface area (Å²) >= 11 is 0. The topological polar surface area (TPSA) is 17.1 Å². The quantitative estimate of drug-likeness (QED) is 0.374. The van der Waals surface area contributed by atoms with Crippen molar-refractivity contribution >= 4 is 32.3 Å². The predicted octanol–water partition coefficient (Wildman–Crippen LogP) is 7.92. The zero-order valence-electron chi connectivity index (χ0n) is 21.3. The molecular formula is C29H46OS. The van der Waals surface area contributed by atoms with E-state index in [1.807, 2.05) is 6.08 Å². The number of allylic oxidation sites excluding steroid dienone is 3. The SMILES string of the molecule is C=CC1=C(c2c(CC)cc(C)cc2CC)C(=O)CC(C)(CCC)C1.C=S(=C)(C)CCC. The van der Waals surface area contributed by atoms with Crippen LogP contribution in [-0.2, 0) is 17.6 Å². The summed E-state index contributed by atoms with van der Waals surface area (Å²) in [5, 5.41) is 0. The van der Waals surface area contributed by atoms with Crippen LogP contribution in [0.5, 0.6) is 0 Å². The molecule has 1 aromatic rings. The summed E-state index contributed by atoms with van der Waals surface area (Å²) in [5.74, 6) is 9.37. The molecule has 0 heterocycles. The van der Waals surface area contributed by atoms with E-state index in [0.717, 1.165) is 43.3 Å². The van der Waals surface area contributed by atoms with Crippen LogP contribution in [0.1, 0.15) is 89.0 Å². The highest BCUT2D eigenvalue weighted by Gasteiger charge is 2.36. The molecule has 0 fully saturated rings. The lowest BCUT2D eigenvalue weighted by Crippen LogP contribution is -2.28. The first kappa shape index (κ1) is 27.5. The van der Waals surface area contributed by atoms with E-state index in [4.69, 9.17) is 0 Å². The summed E-state index contributed by atoms with van der Waals surface area (Å²) in [6.07, 6.45) is 11.0. The largest absolute Gasteiger partial charge is 0.294 e. The fraction of sp³-hybridized carbons (Fsp3) is 0.552. The second-order valence-electron chi connectivity index (χ2n) is 9.79. The smallest absolute Gasteiger partial charge is 0.164 e. The summed E-state index contributed by atoms with van der Waals surface area (Å²) < 4.78 is 0. The van der Waals surface area contributed by atoms with Gasteiger partial charge in [-0.2, -0.15) is 0 Å². The van der Waals surface area contributed by atoms with Gasteiger partial charge in [-0.3, -0.25) is 4.79 Å². The van der Waals surface area contributed by atoms with E-state index in [9.17, 15) is 4.79 Å². The molecule has 2 heteroatoms. The van der Waals surface area contributed by atoms with Gasteiger partial charge in [-0.15, -0.1) is 0 Å². The number of carbonyl (C=O) groups excluding carboxylic acids is 1. The molecule has 0 aromatic heterocycles. The molecule has 1 aromatic carbocycles. The zero-order valence-corrected chi connectivity index (χ0v) is 22.1. The third-order valence-corrected chi connectivity index (χ3v) is 7.45. The molecule has 1 aliphatic carbocycles. The van der Waals surface area contributed by atoms with Crippen molar-refractivity contribution in [3.8, 4) is 0 Å². The van der Waals surface area contributed by atoms with E-state index in [1.54, 1.807) is 0 Å². The Kier molecular flexibility index (Phi) is 10.6. The predicted molar refractivity (Wildman–Crippen MR) is 147 cm³/mol. The number of hydrogen-bond acceptors (Lipinski definition) is 1. The van der Waals surface area contributed by atoms with Crippen molar-refractivity contribution in [1.29, 1.82) is 0 Å². The van der Waals surface area contributed by atoms with Gasteiger partial charge >= 0.3 is 0 Å². The van der Waals surface area contributed by atoms with Gasteiger partial charge in [0, 0.05) is 12.0 Å². The molecule has 1 atom stereocenters. The summed E-state index contributed by atoms with van der Waals surface area (Å²) in [6, 6.07) is 4.49. The number of carbonyl (C=O) groups is 1. The molecule has 0 amide bonds. The van der Waals surface area contributed by atoms with E-state index in [-0.39, 0.29) is 5.41 Å². The van der Waals surface area contributed by atoms with Gasteiger partial charge in [0.1, 0.15) is 0 Å². The second-order valence-corrected chi connectivity index (χ2v) is 13.2. The Morgan fingerprint density at radius 1 is 1.03 bits per heavy atom. The average molecular weight is 443 g/mol. The fourth-order valence-electron chi connectivity index (χ4n) is 4.83. The van der Waals surface area contributed by atoms with Crippen LogP contribution >= 0.6 is 9.21 Å². The van der Waals surface area contributed by atoms with E-state index in [1.165, 1.54) is 34.4 Å². The van der Waals surface area contributed by atoms with Gasteiger partial charge in [-0.05, 0) is 78.7 Å². The fourth-order valence-corrected chi connectivity index (χ4v) is 5.82. The van der Waals surface area contributed by atoms with Crippen LogP contribution in [0.4, 0.5) is 0 Å². The van der Waals surface area contributed by atoms with Crippen molar-refractivity contribution in [2.24, 2.45) is 5.41 Å². The lowest BCUT2D eigenvalue weighted by Gasteiger charge is -2.35. The van der Waals surface area contributed by atoms with Crippen LogP contribution in [-0.4, -0.2) is 29.5 Å². The molecule has 0 saturated heterocycles. The molecule has 0 spiro atoms. The van der Waals surface area contributed by atoms with Crippen LogP contribution in [0.15, 0.2) is 30.4 Å². The first-order chi connectivity index (χ1) is 14.4. The molecule has 31 heavy (non-hydrogen) atoms. The minimum Gasteiger partial charge on any atom is -0.294 e. The lowest BCUT2D eigenvalue weighted by atomic mass is 9.68. The molecule has 0 N–H and O–H groups in total. The highest BCUT2D eigenvalue weighted by atomic mass is 32.2. The van der Waals surface area contributed by atoms with Crippen molar-refractivity contribution in [1.82, 2.24) is 0 Å². The van der Waals surface area contributed by atoms with Crippen LogP contribution in [0.3, 0.4) is 0 Å². The van der Waals surface area contributed by atoms with Crippen molar-refractivity contribution in [2.45, 2.75) is 86.5 Å². The molecule has 1 unspecified atom stereocenters. The van der Waals surface area contributed by atoms with Crippen LogP contribution in [0, 0.1) is 12.3 Å². The van der Waals surface area contributed by atoms with Crippen LogP contribution < -0.4 is 0 Å². The Morgan fingerprint density at radius 3 is 1.94 bits per heavy atom. The number of hydrogen-bond donors (Lipinski definition) is 0. The monoisotopic (exact) mass is 442 g/mol. The lowest BCUT2D eigenvalue weighted by molar-refractivity contribution is -0.116. The zero-order chi connectivity index (χ0) is 23.8. The van der Waals surface area contributed by atoms with Gasteiger partial charge in [-0.25, -0.2) is 9.21 Å². The Hall–Kier alpha value is -1.54. The van der Waals surface area contributed by atoms with Crippen LogP contribution in [0.25, 0.3) is 5.57 Å². The molecule has 174 valence electrons. The van der Waals surface area contributed by atoms with Crippen molar-refractivity contribution < 1.29 is 4.79 Å². The van der Waals surface area contributed by atoms with E-state index < -0.39 is 9.21 Å². The van der Waals surface area contributed by atoms with E-state index >= 15 is 0 Å². The number of ketones is 1. The van der Waals surface area contributed by atoms with E-state index in [0.29, 0.717) is 12.2 Å². The molecule has 0 bridgehead atoms. The van der Waals surface area contributed by atoms with Gasteiger partial charge in [0.05, 0.1) is 0 Å². The highest BCUT2D eigenvalue weighted by molar-refractivity contribution is 8.27. The minimum absolute atomic E-state index is 0.0856. The maximum Gasteiger partial charge on any atom is 0.164 e. The summed E-state index contributed by atoms with van der Waals surface area (Å²) in [5.41, 5.74) is 7.27. The Labute approximate surface area is 193 Å². The number of benzene rings is 1. The summed E-state index contributed by atoms with van der Waals surface area (Å²) in [7, 11) is -0.674. The third-order valence-electron chi connectivity index (χ3n) is 6.06. The van der Waals surface area contributed by atoms with Crippen LogP contribution in [0.2, 0.25) is 0 Å². The number of aryl methyl sites for hydroxylation is 3. The van der Waals surface area contributed by atoms with Gasteiger partial charge in [0.2, 0.25) is 0 Å². The highest BCUT2D eigenvalue weighted by Crippen LogP contribution is 2.45. The number of rotatable bonds is 8. The van der Waals surface area contributed by atoms with Gasteiger partial charge < -0.3 is 0 Å². The first-order valence-corrected chi connectivity index (χ1v) is 14.4. The maximum absolute atomic E-state index is 13.2. The molecule has 0 aliphatic heterocycles. The van der Waals surface area contributed by atoms with Crippen molar-refractivity contribution in [3.63, 3.8) is 0 Å². The standard InChI is InChI=1S/C23H32O.C6H14S/c1-7-11-23(6)14-19(10-4)22(20(24)15-23)21-17(8-2)12-16(5)13-18(21)9-3;1-5-6-7(2,3)4/h10,12-13H,4,7-9,11,14-15H2,1-3,5-6H3;2-3,5-6H2,1,4H3. The molecule has 1 nitrogen and oxygen atoms in total. The Balaban J connectivity index is 0.000000592. The average Bonchev–Trinajstić information content (AvgIpc) is 2.66. The van der Waals surface area contributed by atoms with Crippen molar-refractivity contribution in [3.05, 3.63) is 52.6 Å². The molecular weight excluding hydrogens is 396 g/mol. The normalized spacial score (nSPS) is 19.1. The maximum atomic E-state index is 13.2. The Morgan fingerprint density at radius 2 is 1.58 bits per heavy atom. The number of Topliss-reactive ketones (excluding diaryl/α,β-unsaturated/α-hetero) is 1. The first-order valence-electron chi connectivity index (χ1n) is 11.9. The summed E-state index contributed by atoms with van der Waals surface area (Å²) in [4.78, 5) is 13.2. The van der Waals surface area contributed by atoms with Gasteiger partial charge in [-0.1, -0.05) is 83.1 Å². The molecule has 0 radical (unpaired) electrons. The molecule has 1 aliphatic rings. The molecule has 0 saturated carbocycles. The minimum atomic E-state index is -0.674.